The van der Waals surface area contributed by atoms with Crippen LogP contribution in [0.1, 0.15) is 62.4 Å². The van der Waals surface area contributed by atoms with Crippen LogP contribution in [-0.2, 0) is 4.79 Å². The maximum Gasteiger partial charge on any atom is 0.255 e. The van der Waals surface area contributed by atoms with Crippen molar-refractivity contribution in [3.8, 4) is 0 Å². The number of amides is 2. The Kier molecular flexibility index (Phi) is 6.96. The van der Waals surface area contributed by atoms with Gasteiger partial charge >= 0.3 is 0 Å². The van der Waals surface area contributed by atoms with Crippen LogP contribution >= 0.6 is 0 Å². The van der Waals surface area contributed by atoms with Crippen molar-refractivity contribution in [1.82, 2.24) is 0 Å². The molecule has 0 aliphatic heterocycles. The highest BCUT2D eigenvalue weighted by Crippen LogP contribution is 2.18. The van der Waals surface area contributed by atoms with Gasteiger partial charge in [0.2, 0.25) is 5.91 Å². The van der Waals surface area contributed by atoms with Crippen LogP contribution in [0.15, 0.2) is 48.5 Å². The minimum atomic E-state index is -0.167. The molecule has 2 N–H and O–H groups in total. The Hall–Kier alpha value is -2.62. The Morgan fingerprint density at radius 3 is 1.81 bits per heavy atom. The van der Waals surface area contributed by atoms with E-state index in [1.54, 1.807) is 24.3 Å². The van der Waals surface area contributed by atoms with Gasteiger partial charge in [0.1, 0.15) is 0 Å². The summed E-state index contributed by atoms with van der Waals surface area (Å²) >= 11 is 0. The average molecular weight is 352 g/mol. The van der Waals surface area contributed by atoms with E-state index in [1.165, 1.54) is 5.56 Å². The van der Waals surface area contributed by atoms with Crippen LogP contribution in [0, 0.1) is 5.92 Å². The normalized spacial score (nSPS) is 10.8. The molecule has 0 unspecified atom stereocenters. The summed E-state index contributed by atoms with van der Waals surface area (Å²) in [5, 5.41) is 5.80. The van der Waals surface area contributed by atoms with E-state index in [4.69, 9.17) is 0 Å². The summed E-state index contributed by atoms with van der Waals surface area (Å²) < 4.78 is 0. The molecule has 0 fully saturated rings. The third-order valence-electron chi connectivity index (χ3n) is 4.61. The van der Waals surface area contributed by atoms with E-state index in [1.807, 2.05) is 38.1 Å². The lowest BCUT2D eigenvalue weighted by atomic mass is 10.0. The molecular formula is C22H28N2O2. The van der Waals surface area contributed by atoms with Gasteiger partial charge in [0.05, 0.1) is 0 Å². The van der Waals surface area contributed by atoms with E-state index in [0.717, 1.165) is 18.5 Å². The van der Waals surface area contributed by atoms with Crippen molar-refractivity contribution in [1.29, 1.82) is 0 Å². The molecular weight excluding hydrogens is 324 g/mol. The molecule has 2 rings (SSSR count). The monoisotopic (exact) mass is 352 g/mol. The lowest BCUT2D eigenvalue weighted by molar-refractivity contribution is -0.120. The molecule has 0 bridgehead atoms. The van der Waals surface area contributed by atoms with Crippen molar-refractivity contribution < 1.29 is 9.59 Å². The van der Waals surface area contributed by atoms with Gasteiger partial charge in [-0.15, -0.1) is 0 Å². The fourth-order valence-corrected chi connectivity index (χ4v) is 2.76. The van der Waals surface area contributed by atoms with Crippen LogP contribution in [0.5, 0.6) is 0 Å². The molecule has 0 atom stereocenters. The van der Waals surface area contributed by atoms with Crippen LogP contribution in [0.2, 0.25) is 0 Å². The highest BCUT2D eigenvalue weighted by atomic mass is 16.2. The molecule has 0 saturated carbocycles. The molecule has 0 radical (unpaired) electrons. The van der Waals surface area contributed by atoms with Crippen LogP contribution < -0.4 is 10.6 Å². The van der Waals surface area contributed by atoms with Crippen molar-refractivity contribution in [3.63, 3.8) is 0 Å². The molecule has 26 heavy (non-hydrogen) atoms. The summed E-state index contributed by atoms with van der Waals surface area (Å²) in [4.78, 5) is 24.5. The molecule has 4 nitrogen and oxygen atoms in total. The summed E-state index contributed by atoms with van der Waals surface area (Å²) in [6, 6.07) is 14.8. The molecule has 4 heteroatoms. The average Bonchev–Trinajstić information content (AvgIpc) is 2.63. The van der Waals surface area contributed by atoms with E-state index < -0.39 is 0 Å². The van der Waals surface area contributed by atoms with E-state index in [9.17, 15) is 9.59 Å². The Bertz CT molecular complexity index is 730. The van der Waals surface area contributed by atoms with Crippen molar-refractivity contribution in [2.75, 3.05) is 10.6 Å². The summed E-state index contributed by atoms with van der Waals surface area (Å²) in [6.45, 7) is 8.29. The predicted molar refractivity (Wildman–Crippen MR) is 108 cm³/mol. The second-order valence-corrected chi connectivity index (χ2v) is 6.81. The fraction of sp³-hybridized carbons (Fsp3) is 0.364. The first-order valence-electron chi connectivity index (χ1n) is 9.26. The maximum absolute atomic E-state index is 12.4. The lowest BCUT2D eigenvalue weighted by Crippen LogP contribution is -2.21. The van der Waals surface area contributed by atoms with Gasteiger partial charge in [-0.25, -0.2) is 0 Å². The second kappa shape index (κ2) is 9.18. The van der Waals surface area contributed by atoms with Gasteiger partial charge < -0.3 is 10.6 Å². The highest BCUT2D eigenvalue weighted by Gasteiger charge is 2.14. The van der Waals surface area contributed by atoms with Crippen LogP contribution in [0.4, 0.5) is 11.4 Å². The zero-order valence-electron chi connectivity index (χ0n) is 16.0. The number of hydrogen-bond acceptors (Lipinski definition) is 2. The van der Waals surface area contributed by atoms with Gasteiger partial charge in [-0.2, -0.15) is 0 Å². The van der Waals surface area contributed by atoms with E-state index >= 15 is 0 Å². The minimum absolute atomic E-state index is 0.0202. The molecule has 0 aromatic heterocycles. The molecule has 0 saturated heterocycles. The van der Waals surface area contributed by atoms with Gasteiger partial charge in [0, 0.05) is 22.9 Å². The molecule has 0 heterocycles. The Labute approximate surface area is 156 Å². The number of rotatable bonds is 7. The lowest BCUT2D eigenvalue weighted by Gasteiger charge is -2.13. The zero-order chi connectivity index (χ0) is 19.1. The van der Waals surface area contributed by atoms with Crippen LogP contribution in [0.3, 0.4) is 0 Å². The summed E-state index contributed by atoms with van der Waals surface area (Å²) in [6.07, 6.45) is 1.64. The molecule has 0 aliphatic rings. The van der Waals surface area contributed by atoms with Crippen molar-refractivity contribution in [2.45, 2.75) is 46.5 Å². The smallest absolute Gasteiger partial charge is 0.255 e. The van der Waals surface area contributed by atoms with Gasteiger partial charge in [-0.1, -0.05) is 39.8 Å². The minimum Gasteiger partial charge on any atom is -0.326 e. The van der Waals surface area contributed by atoms with Gasteiger partial charge in [-0.05, 0) is 60.7 Å². The van der Waals surface area contributed by atoms with E-state index in [2.05, 4.69) is 24.5 Å². The first-order valence-corrected chi connectivity index (χ1v) is 9.26. The van der Waals surface area contributed by atoms with E-state index in [0.29, 0.717) is 17.2 Å². The fourth-order valence-electron chi connectivity index (χ4n) is 2.76. The first kappa shape index (κ1) is 19.7. The summed E-state index contributed by atoms with van der Waals surface area (Å²) in [5.74, 6) is 0.340. The van der Waals surface area contributed by atoms with Gasteiger partial charge in [0.15, 0.2) is 0 Å². The summed E-state index contributed by atoms with van der Waals surface area (Å²) in [7, 11) is 0. The molecule has 2 aromatic carbocycles. The number of nitrogens with one attached hydrogen (secondary N) is 2. The Morgan fingerprint density at radius 1 is 0.808 bits per heavy atom. The van der Waals surface area contributed by atoms with E-state index in [-0.39, 0.29) is 17.7 Å². The third kappa shape index (κ3) is 5.19. The SMILES string of the molecule is CCC(CC)C(=O)Nc1ccc(C(=O)Nc2ccc(C(C)C)cc2)cc1. The standard InChI is InChI=1S/C22H28N2O2/c1-5-16(6-2)21(25)23-20-13-9-18(10-14-20)22(26)24-19-11-7-17(8-12-19)15(3)4/h7-16H,5-6H2,1-4H3,(H,23,25)(H,24,26). The Balaban J connectivity index is 1.98. The van der Waals surface area contributed by atoms with Gasteiger partial charge in [-0.3, -0.25) is 9.59 Å². The van der Waals surface area contributed by atoms with Gasteiger partial charge in [0.25, 0.3) is 5.91 Å². The number of carbonyl (C=O) groups excluding carboxylic acids is 2. The number of anilines is 2. The number of benzene rings is 2. The Morgan fingerprint density at radius 2 is 1.31 bits per heavy atom. The van der Waals surface area contributed by atoms with Crippen LogP contribution in [-0.4, -0.2) is 11.8 Å². The molecule has 0 aliphatic carbocycles. The zero-order valence-corrected chi connectivity index (χ0v) is 16.0. The van der Waals surface area contributed by atoms with Crippen LogP contribution in [0.25, 0.3) is 0 Å². The molecule has 2 aromatic rings. The maximum atomic E-state index is 12.4. The molecule has 2 amide bonds. The van der Waals surface area contributed by atoms with Crippen molar-refractivity contribution in [3.05, 3.63) is 59.7 Å². The third-order valence-corrected chi connectivity index (χ3v) is 4.61. The van der Waals surface area contributed by atoms with Crippen molar-refractivity contribution in [2.24, 2.45) is 5.92 Å². The predicted octanol–water partition coefficient (Wildman–Crippen LogP) is 5.44. The summed E-state index contributed by atoms with van der Waals surface area (Å²) in [5.41, 5.74) is 3.27. The molecule has 0 spiro atoms. The topological polar surface area (TPSA) is 58.2 Å². The molecule has 138 valence electrons. The first-order chi connectivity index (χ1) is 12.4. The number of carbonyl (C=O) groups is 2. The highest BCUT2D eigenvalue weighted by molar-refractivity contribution is 6.04. The largest absolute Gasteiger partial charge is 0.326 e. The number of hydrogen-bond donors (Lipinski definition) is 2. The van der Waals surface area contributed by atoms with Crippen molar-refractivity contribution >= 4 is 23.2 Å². The quantitative estimate of drug-likeness (QED) is 0.697. The second-order valence-electron chi connectivity index (χ2n) is 6.81.